The summed E-state index contributed by atoms with van der Waals surface area (Å²) >= 11 is 4.90. The second kappa shape index (κ2) is 7.38. The van der Waals surface area contributed by atoms with Gasteiger partial charge in [0.1, 0.15) is 0 Å². The van der Waals surface area contributed by atoms with Gasteiger partial charge in [-0.15, -0.1) is 11.3 Å². The average molecular weight is 348 g/mol. The molecule has 1 atom stereocenters. The Balaban J connectivity index is 1.56. The van der Waals surface area contributed by atoms with Crippen LogP contribution in [-0.2, 0) is 16.0 Å². The highest BCUT2D eigenvalue weighted by Gasteiger charge is 2.21. The van der Waals surface area contributed by atoms with Gasteiger partial charge in [-0.05, 0) is 46.8 Å². The van der Waals surface area contributed by atoms with Crippen molar-refractivity contribution in [3.05, 3.63) is 20.8 Å². The summed E-state index contributed by atoms with van der Waals surface area (Å²) < 4.78 is 6.39. The molecule has 2 rings (SSSR count). The maximum absolute atomic E-state index is 11.6. The van der Waals surface area contributed by atoms with E-state index in [0.717, 1.165) is 15.3 Å². The second-order valence-corrected chi connectivity index (χ2v) is 7.37. The molecule has 1 saturated carbocycles. The number of ether oxygens (including phenoxy) is 1. The first-order valence-corrected chi connectivity index (χ1v) is 8.01. The third-order valence-electron chi connectivity index (χ3n) is 2.86. The van der Waals surface area contributed by atoms with Gasteiger partial charge in [-0.3, -0.25) is 4.79 Å². The summed E-state index contributed by atoms with van der Waals surface area (Å²) in [5.41, 5.74) is 0. The summed E-state index contributed by atoms with van der Waals surface area (Å²) in [5, 5.41) is 12.4. The Bertz CT molecular complexity index is 420. The Hall–Kier alpha value is -0.430. The summed E-state index contributed by atoms with van der Waals surface area (Å²) in [5.74, 6) is 0.620. The average Bonchev–Trinajstić information content (AvgIpc) is 3.10. The van der Waals surface area contributed by atoms with Gasteiger partial charge >= 0.3 is 0 Å². The number of rotatable bonds is 8. The largest absolute Gasteiger partial charge is 0.389 e. The van der Waals surface area contributed by atoms with Gasteiger partial charge in [0.15, 0.2) is 0 Å². The fourth-order valence-electron chi connectivity index (χ4n) is 1.61. The van der Waals surface area contributed by atoms with E-state index >= 15 is 0 Å². The Morgan fingerprint density at radius 1 is 1.58 bits per heavy atom. The molecule has 1 aliphatic carbocycles. The number of thiophene rings is 1. The molecule has 6 heteroatoms. The molecule has 19 heavy (non-hydrogen) atoms. The first-order chi connectivity index (χ1) is 9.13. The van der Waals surface area contributed by atoms with Gasteiger partial charge in [0.25, 0.3) is 0 Å². The first-order valence-electron chi connectivity index (χ1n) is 6.40. The maximum atomic E-state index is 11.6. The molecule has 4 nitrogen and oxygen atoms in total. The zero-order chi connectivity index (χ0) is 13.7. The molecule has 2 N–H and O–H groups in total. The van der Waals surface area contributed by atoms with E-state index in [1.165, 1.54) is 12.8 Å². The highest BCUT2D eigenvalue weighted by Crippen LogP contribution is 2.28. The topological polar surface area (TPSA) is 58.6 Å². The molecule has 106 valence electrons. The number of carbonyl (C=O) groups excluding carboxylic acids is 1. The first kappa shape index (κ1) is 15.0. The Morgan fingerprint density at radius 3 is 3.00 bits per heavy atom. The lowest BCUT2D eigenvalue weighted by atomic mass is 10.3. The number of nitrogens with one attached hydrogen (secondary N) is 1. The monoisotopic (exact) mass is 347 g/mol. The van der Waals surface area contributed by atoms with Crippen LogP contribution in [0.5, 0.6) is 0 Å². The fraction of sp³-hybridized carbons (Fsp3) is 0.615. The predicted octanol–water partition coefficient (Wildman–Crippen LogP) is 1.96. The molecule has 1 amide bonds. The molecular weight excluding hydrogens is 330 g/mol. The molecule has 0 spiro atoms. The van der Waals surface area contributed by atoms with Crippen LogP contribution in [0, 0.1) is 5.92 Å². The van der Waals surface area contributed by atoms with Gasteiger partial charge in [-0.2, -0.15) is 0 Å². The molecule has 0 aliphatic heterocycles. The summed E-state index contributed by atoms with van der Waals surface area (Å²) in [6.45, 7) is 1.27. The summed E-state index contributed by atoms with van der Waals surface area (Å²) in [4.78, 5) is 12.7. The fourth-order valence-corrected chi connectivity index (χ4v) is 3.10. The normalized spacial score (nSPS) is 16.3. The van der Waals surface area contributed by atoms with Crippen LogP contribution in [0.1, 0.15) is 17.7 Å². The highest BCUT2D eigenvalue weighted by molar-refractivity contribution is 9.11. The minimum absolute atomic E-state index is 0.0735. The van der Waals surface area contributed by atoms with Crippen molar-refractivity contribution in [1.29, 1.82) is 0 Å². The van der Waals surface area contributed by atoms with Crippen molar-refractivity contribution < 1.29 is 14.6 Å². The number of carbonyl (C=O) groups is 1. The standard InChI is InChI=1S/C13H18BrNO3S/c14-12-4-3-11(19-12)5-13(17)15-6-10(16)8-18-7-9-1-2-9/h3-4,9-10,16H,1-2,5-8H2,(H,15,17). The second-order valence-electron chi connectivity index (χ2n) is 4.82. The number of halogens is 1. The SMILES string of the molecule is O=C(Cc1ccc(Br)s1)NCC(O)COCC1CC1. The van der Waals surface area contributed by atoms with E-state index in [0.29, 0.717) is 18.9 Å². The Labute approximate surface area is 125 Å². The van der Waals surface area contributed by atoms with Gasteiger partial charge in [0, 0.05) is 18.0 Å². The van der Waals surface area contributed by atoms with Crippen LogP contribution in [0.15, 0.2) is 15.9 Å². The molecule has 0 aromatic carbocycles. The smallest absolute Gasteiger partial charge is 0.225 e. The van der Waals surface area contributed by atoms with Gasteiger partial charge in [0.2, 0.25) is 5.91 Å². The third kappa shape index (κ3) is 6.03. The molecule has 1 aliphatic rings. The zero-order valence-electron chi connectivity index (χ0n) is 10.6. The van der Waals surface area contributed by atoms with Crippen LogP contribution in [0.2, 0.25) is 0 Å². The molecular formula is C13H18BrNO3S. The van der Waals surface area contributed by atoms with Crippen LogP contribution in [0.4, 0.5) is 0 Å². The minimum atomic E-state index is -0.627. The summed E-state index contributed by atoms with van der Waals surface area (Å²) in [6.07, 6.45) is 2.20. The van der Waals surface area contributed by atoms with Crippen molar-refractivity contribution in [1.82, 2.24) is 5.32 Å². The lowest BCUT2D eigenvalue weighted by Crippen LogP contribution is -2.35. The lowest BCUT2D eigenvalue weighted by molar-refractivity contribution is -0.121. The van der Waals surface area contributed by atoms with Crippen molar-refractivity contribution in [2.75, 3.05) is 19.8 Å². The zero-order valence-corrected chi connectivity index (χ0v) is 13.0. The molecule has 1 heterocycles. The van der Waals surface area contributed by atoms with Crippen molar-refractivity contribution >= 4 is 33.2 Å². The molecule has 0 radical (unpaired) electrons. The van der Waals surface area contributed by atoms with Gasteiger partial charge < -0.3 is 15.2 Å². The van der Waals surface area contributed by atoms with E-state index in [1.54, 1.807) is 11.3 Å². The summed E-state index contributed by atoms with van der Waals surface area (Å²) in [7, 11) is 0. The van der Waals surface area contributed by atoms with Crippen molar-refractivity contribution in [2.24, 2.45) is 5.92 Å². The maximum Gasteiger partial charge on any atom is 0.225 e. The van der Waals surface area contributed by atoms with E-state index in [4.69, 9.17) is 4.74 Å². The third-order valence-corrected chi connectivity index (χ3v) is 4.48. The van der Waals surface area contributed by atoms with E-state index in [2.05, 4.69) is 21.2 Å². The van der Waals surface area contributed by atoms with Gasteiger partial charge in [-0.25, -0.2) is 0 Å². The van der Waals surface area contributed by atoms with Gasteiger partial charge in [-0.1, -0.05) is 0 Å². The van der Waals surface area contributed by atoms with Crippen molar-refractivity contribution in [2.45, 2.75) is 25.4 Å². The van der Waals surface area contributed by atoms with Crippen LogP contribution in [0.3, 0.4) is 0 Å². The van der Waals surface area contributed by atoms with Crippen LogP contribution in [0.25, 0.3) is 0 Å². The highest BCUT2D eigenvalue weighted by atomic mass is 79.9. The van der Waals surface area contributed by atoms with Crippen LogP contribution >= 0.6 is 27.3 Å². The number of aliphatic hydroxyl groups excluding tert-OH is 1. The number of hydrogen-bond donors (Lipinski definition) is 2. The molecule has 1 fully saturated rings. The van der Waals surface area contributed by atoms with Crippen LogP contribution in [-0.4, -0.2) is 36.9 Å². The van der Waals surface area contributed by atoms with Crippen molar-refractivity contribution in [3.63, 3.8) is 0 Å². The quantitative estimate of drug-likeness (QED) is 0.755. The Kier molecular flexibility index (Phi) is 5.81. The van der Waals surface area contributed by atoms with Gasteiger partial charge in [0.05, 0.1) is 22.9 Å². The Morgan fingerprint density at radius 2 is 2.37 bits per heavy atom. The number of aliphatic hydroxyl groups is 1. The van der Waals surface area contributed by atoms with Crippen LogP contribution < -0.4 is 5.32 Å². The van der Waals surface area contributed by atoms with E-state index in [1.807, 2.05) is 12.1 Å². The summed E-state index contributed by atoms with van der Waals surface area (Å²) in [6, 6.07) is 3.84. The van der Waals surface area contributed by atoms with E-state index in [9.17, 15) is 9.90 Å². The lowest BCUT2D eigenvalue weighted by Gasteiger charge is -2.12. The van der Waals surface area contributed by atoms with Crippen molar-refractivity contribution in [3.8, 4) is 0 Å². The molecule has 1 aromatic rings. The number of amides is 1. The molecule has 1 aromatic heterocycles. The van der Waals surface area contributed by atoms with E-state index < -0.39 is 6.10 Å². The van der Waals surface area contributed by atoms with E-state index in [-0.39, 0.29) is 12.5 Å². The number of hydrogen-bond acceptors (Lipinski definition) is 4. The molecule has 1 unspecified atom stereocenters. The molecule has 0 bridgehead atoms. The molecule has 0 saturated heterocycles. The predicted molar refractivity (Wildman–Crippen MR) is 78.3 cm³/mol. The minimum Gasteiger partial charge on any atom is -0.389 e.